The van der Waals surface area contributed by atoms with Crippen LogP contribution < -0.4 is 10.9 Å². The third-order valence-corrected chi connectivity index (χ3v) is 3.91. The number of rotatable bonds is 4. The Morgan fingerprint density at radius 3 is 2.87 bits per heavy atom. The van der Waals surface area contributed by atoms with Gasteiger partial charge in [0.2, 0.25) is 0 Å². The van der Waals surface area contributed by atoms with E-state index in [9.17, 15) is 4.79 Å². The van der Waals surface area contributed by atoms with Crippen LogP contribution in [-0.2, 0) is 6.54 Å². The molecule has 4 rings (SSSR count). The molecule has 0 aliphatic heterocycles. The normalized spacial score (nSPS) is 14.1. The SMILES string of the molecule is Cc1cc(NCc2nc3ccccc3c(=O)[nH]2)nc(C2CC2)n1. The molecule has 2 heterocycles. The summed E-state index contributed by atoms with van der Waals surface area (Å²) in [4.78, 5) is 28.4. The summed E-state index contributed by atoms with van der Waals surface area (Å²) in [6.07, 6.45) is 2.34. The Labute approximate surface area is 133 Å². The van der Waals surface area contributed by atoms with E-state index in [4.69, 9.17) is 0 Å². The fraction of sp³-hybridized carbons (Fsp3) is 0.294. The lowest BCUT2D eigenvalue weighted by Gasteiger charge is -2.08. The van der Waals surface area contributed by atoms with Crippen molar-refractivity contribution in [3.8, 4) is 0 Å². The predicted molar refractivity (Wildman–Crippen MR) is 88.4 cm³/mol. The van der Waals surface area contributed by atoms with Crippen LogP contribution in [0.2, 0.25) is 0 Å². The Morgan fingerprint density at radius 1 is 1.22 bits per heavy atom. The van der Waals surface area contributed by atoms with E-state index in [1.54, 1.807) is 6.07 Å². The standard InChI is InChI=1S/C17H17N5O/c1-10-8-14(21-16(19-10)11-6-7-11)18-9-15-20-13-5-3-2-4-12(13)17(23)22-15/h2-5,8,11H,6-7,9H2,1H3,(H,18,19,21)(H,20,22,23). The molecule has 3 aromatic rings. The molecule has 0 spiro atoms. The van der Waals surface area contributed by atoms with Crippen LogP contribution in [-0.4, -0.2) is 19.9 Å². The van der Waals surface area contributed by atoms with Gasteiger partial charge in [0, 0.05) is 17.7 Å². The first kappa shape index (κ1) is 13.9. The average Bonchev–Trinajstić information content (AvgIpc) is 3.37. The number of aromatic nitrogens is 4. The highest BCUT2D eigenvalue weighted by Gasteiger charge is 2.27. The van der Waals surface area contributed by atoms with Crippen LogP contribution in [0.25, 0.3) is 10.9 Å². The Bertz CT molecular complexity index is 930. The Morgan fingerprint density at radius 2 is 2.04 bits per heavy atom. The number of hydrogen-bond acceptors (Lipinski definition) is 5. The summed E-state index contributed by atoms with van der Waals surface area (Å²) in [5.41, 5.74) is 1.53. The van der Waals surface area contributed by atoms with Crippen LogP contribution in [0.15, 0.2) is 35.1 Å². The maximum atomic E-state index is 12.1. The summed E-state index contributed by atoms with van der Waals surface area (Å²) in [5.74, 6) is 2.79. The molecule has 0 unspecified atom stereocenters. The van der Waals surface area contributed by atoms with Gasteiger partial charge in [-0.05, 0) is 31.9 Å². The van der Waals surface area contributed by atoms with Crippen molar-refractivity contribution in [2.75, 3.05) is 5.32 Å². The summed E-state index contributed by atoms with van der Waals surface area (Å²) in [6.45, 7) is 2.38. The molecular formula is C17H17N5O. The zero-order valence-electron chi connectivity index (χ0n) is 12.8. The highest BCUT2D eigenvalue weighted by atomic mass is 16.1. The average molecular weight is 307 g/mol. The molecule has 0 radical (unpaired) electrons. The second kappa shape index (κ2) is 5.46. The van der Waals surface area contributed by atoms with E-state index in [2.05, 4.69) is 25.3 Å². The summed E-state index contributed by atoms with van der Waals surface area (Å²) in [6, 6.07) is 9.23. The number of benzene rings is 1. The first-order valence-corrected chi connectivity index (χ1v) is 7.76. The monoisotopic (exact) mass is 307 g/mol. The minimum atomic E-state index is -0.120. The molecule has 116 valence electrons. The van der Waals surface area contributed by atoms with Crippen molar-refractivity contribution >= 4 is 16.7 Å². The van der Waals surface area contributed by atoms with Crippen LogP contribution in [0.3, 0.4) is 0 Å². The van der Waals surface area contributed by atoms with Crippen LogP contribution in [0.4, 0.5) is 5.82 Å². The lowest BCUT2D eigenvalue weighted by molar-refractivity contribution is 0.888. The zero-order chi connectivity index (χ0) is 15.8. The second-order valence-corrected chi connectivity index (χ2v) is 5.91. The molecule has 1 aromatic carbocycles. The first-order valence-electron chi connectivity index (χ1n) is 7.76. The van der Waals surface area contributed by atoms with Crippen LogP contribution in [0.1, 0.15) is 36.1 Å². The van der Waals surface area contributed by atoms with Crippen molar-refractivity contribution in [1.82, 2.24) is 19.9 Å². The van der Waals surface area contributed by atoms with Gasteiger partial charge in [-0.2, -0.15) is 0 Å². The van der Waals surface area contributed by atoms with E-state index in [0.29, 0.717) is 29.2 Å². The Hall–Kier alpha value is -2.76. The van der Waals surface area contributed by atoms with Crippen molar-refractivity contribution in [1.29, 1.82) is 0 Å². The van der Waals surface area contributed by atoms with E-state index in [-0.39, 0.29) is 5.56 Å². The lowest BCUT2D eigenvalue weighted by atomic mass is 10.2. The van der Waals surface area contributed by atoms with Gasteiger partial charge in [0.25, 0.3) is 5.56 Å². The smallest absolute Gasteiger partial charge is 0.258 e. The topological polar surface area (TPSA) is 83.6 Å². The molecular weight excluding hydrogens is 290 g/mol. The zero-order valence-corrected chi connectivity index (χ0v) is 12.8. The molecule has 2 aromatic heterocycles. The summed E-state index contributed by atoms with van der Waals surface area (Å²) < 4.78 is 0. The molecule has 1 aliphatic rings. The highest BCUT2D eigenvalue weighted by Crippen LogP contribution is 2.38. The largest absolute Gasteiger partial charge is 0.363 e. The van der Waals surface area contributed by atoms with Gasteiger partial charge < -0.3 is 10.3 Å². The number of fused-ring (bicyclic) bond motifs is 1. The van der Waals surface area contributed by atoms with Gasteiger partial charge in [-0.15, -0.1) is 0 Å². The van der Waals surface area contributed by atoms with Crippen molar-refractivity contribution in [2.45, 2.75) is 32.2 Å². The van der Waals surface area contributed by atoms with E-state index in [0.717, 1.165) is 17.3 Å². The van der Waals surface area contributed by atoms with Crippen molar-refractivity contribution in [2.24, 2.45) is 0 Å². The minimum absolute atomic E-state index is 0.120. The maximum absolute atomic E-state index is 12.1. The predicted octanol–water partition coefficient (Wildman–Crippen LogP) is 2.51. The molecule has 2 N–H and O–H groups in total. The van der Waals surface area contributed by atoms with Crippen LogP contribution in [0, 0.1) is 6.92 Å². The van der Waals surface area contributed by atoms with Gasteiger partial charge in [0.05, 0.1) is 17.4 Å². The minimum Gasteiger partial charge on any atom is -0.363 e. The van der Waals surface area contributed by atoms with E-state index < -0.39 is 0 Å². The molecule has 1 saturated carbocycles. The van der Waals surface area contributed by atoms with Gasteiger partial charge in [-0.3, -0.25) is 4.79 Å². The molecule has 0 amide bonds. The van der Waals surface area contributed by atoms with E-state index in [1.165, 1.54) is 12.8 Å². The Balaban J connectivity index is 1.58. The molecule has 6 nitrogen and oxygen atoms in total. The molecule has 23 heavy (non-hydrogen) atoms. The third-order valence-electron chi connectivity index (χ3n) is 3.91. The summed E-state index contributed by atoms with van der Waals surface area (Å²) >= 11 is 0. The number of hydrogen-bond donors (Lipinski definition) is 2. The summed E-state index contributed by atoms with van der Waals surface area (Å²) in [7, 11) is 0. The van der Waals surface area contributed by atoms with E-state index >= 15 is 0 Å². The number of nitrogens with one attached hydrogen (secondary N) is 2. The maximum Gasteiger partial charge on any atom is 0.258 e. The summed E-state index contributed by atoms with van der Waals surface area (Å²) in [5, 5.41) is 3.83. The first-order chi connectivity index (χ1) is 11.2. The van der Waals surface area contributed by atoms with E-state index in [1.807, 2.05) is 31.2 Å². The van der Waals surface area contributed by atoms with Crippen LogP contribution >= 0.6 is 0 Å². The van der Waals surface area contributed by atoms with Crippen molar-refractivity contribution in [3.05, 3.63) is 58.0 Å². The third kappa shape index (κ3) is 2.92. The number of anilines is 1. The second-order valence-electron chi connectivity index (χ2n) is 5.91. The fourth-order valence-electron chi connectivity index (χ4n) is 2.60. The molecule has 0 saturated heterocycles. The number of para-hydroxylation sites is 1. The Kier molecular flexibility index (Phi) is 3.29. The number of aryl methyl sites for hydroxylation is 1. The molecule has 0 atom stereocenters. The lowest BCUT2D eigenvalue weighted by Crippen LogP contribution is -2.15. The molecule has 6 heteroatoms. The van der Waals surface area contributed by atoms with Gasteiger partial charge in [0.15, 0.2) is 0 Å². The van der Waals surface area contributed by atoms with Gasteiger partial charge in [-0.25, -0.2) is 15.0 Å². The van der Waals surface area contributed by atoms with Crippen molar-refractivity contribution in [3.63, 3.8) is 0 Å². The van der Waals surface area contributed by atoms with Gasteiger partial charge in [-0.1, -0.05) is 12.1 Å². The molecule has 1 fully saturated rings. The number of nitrogens with zero attached hydrogens (tertiary/aromatic N) is 3. The van der Waals surface area contributed by atoms with Gasteiger partial charge >= 0.3 is 0 Å². The quantitative estimate of drug-likeness (QED) is 0.774. The molecule has 1 aliphatic carbocycles. The highest BCUT2D eigenvalue weighted by molar-refractivity contribution is 5.77. The van der Waals surface area contributed by atoms with Crippen molar-refractivity contribution < 1.29 is 0 Å². The van der Waals surface area contributed by atoms with Crippen LogP contribution in [0.5, 0.6) is 0 Å². The fourth-order valence-corrected chi connectivity index (χ4v) is 2.60. The number of aromatic amines is 1. The number of H-pyrrole nitrogens is 1. The van der Waals surface area contributed by atoms with Gasteiger partial charge in [0.1, 0.15) is 17.5 Å². The molecule has 0 bridgehead atoms.